The van der Waals surface area contributed by atoms with Gasteiger partial charge in [0.25, 0.3) is 0 Å². The number of nitrogens with zero attached hydrogens (tertiary/aromatic N) is 2. The van der Waals surface area contributed by atoms with E-state index in [9.17, 15) is 9.18 Å². The Morgan fingerprint density at radius 1 is 1.55 bits per heavy atom. The number of nitrogens with two attached hydrogens (primary N) is 1. The number of carbonyl (C=O) groups excluding carboxylic acids is 1. The summed E-state index contributed by atoms with van der Waals surface area (Å²) < 4.78 is 15.8. The van der Waals surface area contributed by atoms with Crippen LogP contribution in [0.3, 0.4) is 0 Å². The molecular weight excluding hydrogens is 375 g/mol. The zero-order valence-electron chi connectivity index (χ0n) is 10.2. The molecule has 0 fully saturated rings. The van der Waals surface area contributed by atoms with Crippen molar-refractivity contribution < 1.29 is 9.18 Å². The minimum absolute atomic E-state index is 0.0777. The summed E-state index contributed by atoms with van der Waals surface area (Å²) in [7, 11) is 5.97. The summed E-state index contributed by atoms with van der Waals surface area (Å²) in [5.74, 6) is -0.562. The second-order valence-electron chi connectivity index (χ2n) is 3.98. The molecule has 6 nitrogen and oxygen atoms in total. The number of hydrogen-bond donors (Lipinski definition) is 3. The Morgan fingerprint density at radius 2 is 2.30 bits per heavy atom. The summed E-state index contributed by atoms with van der Waals surface area (Å²) >= 11 is 1.66. The van der Waals surface area contributed by atoms with E-state index in [4.69, 9.17) is 13.2 Å². The fourth-order valence-corrected chi connectivity index (χ4v) is 2.09. The van der Waals surface area contributed by atoms with E-state index in [1.165, 1.54) is 6.33 Å². The molecule has 1 radical (unpaired) electrons. The van der Waals surface area contributed by atoms with Crippen LogP contribution in [0.25, 0.3) is 0 Å². The Hall–Kier alpha value is -1.78. The van der Waals surface area contributed by atoms with Gasteiger partial charge in [-0.05, 0) is 0 Å². The van der Waals surface area contributed by atoms with Gasteiger partial charge in [-0.2, -0.15) is 0 Å². The molecule has 0 spiro atoms. The van der Waals surface area contributed by atoms with Crippen molar-refractivity contribution in [1.82, 2.24) is 18.7 Å². The Bertz CT molecular complexity index is 661. The number of anilines is 1. The SMILES string of the molecule is [B]=C(Cc1ncn[nH]1)c1c(N)cc(F)cc1C(=O)NI. The van der Waals surface area contributed by atoms with E-state index in [1.54, 1.807) is 22.9 Å². The molecule has 1 aromatic heterocycles. The number of nitrogens with one attached hydrogen (secondary N) is 2. The molecule has 0 bridgehead atoms. The Kier molecular flexibility index (Phi) is 4.48. The number of aromatic nitrogens is 3. The molecule has 4 N–H and O–H groups in total. The normalized spacial score (nSPS) is 10.2. The van der Waals surface area contributed by atoms with E-state index in [2.05, 4.69) is 18.7 Å². The minimum atomic E-state index is -0.603. The first-order chi connectivity index (χ1) is 9.52. The van der Waals surface area contributed by atoms with Crippen molar-refractivity contribution >= 4 is 47.4 Å². The maximum atomic E-state index is 13.4. The molecule has 1 amide bonds. The quantitative estimate of drug-likeness (QED) is 0.310. The van der Waals surface area contributed by atoms with Gasteiger partial charge >= 0.3 is 129 Å². The van der Waals surface area contributed by atoms with Gasteiger partial charge in [0.15, 0.2) is 0 Å². The van der Waals surface area contributed by atoms with Crippen molar-refractivity contribution in [2.24, 2.45) is 0 Å². The number of nitrogen functional groups attached to an aromatic ring is 1. The van der Waals surface area contributed by atoms with E-state index < -0.39 is 11.7 Å². The van der Waals surface area contributed by atoms with Crippen LogP contribution in [-0.2, 0) is 6.42 Å². The predicted octanol–water partition coefficient (Wildman–Crippen LogP) is 0.537. The van der Waals surface area contributed by atoms with Gasteiger partial charge in [0.1, 0.15) is 0 Å². The monoisotopic (exact) mass is 384 g/mol. The second-order valence-corrected chi connectivity index (χ2v) is 4.51. The first-order valence-electron chi connectivity index (χ1n) is 5.48. The van der Waals surface area contributed by atoms with Crippen LogP contribution in [-0.4, -0.2) is 34.0 Å². The van der Waals surface area contributed by atoms with E-state index in [0.717, 1.165) is 12.1 Å². The maximum absolute atomic E-state index is 13.4. The summed E-state index contributed by atoms with van der Waals surface area (Å²) in [4.78, 5) is 15.7. The van der Waals surface area contributed by atoms with Gasteiger partial charge in [0.05, 0.1) is 0 Å². The number of benzene rings is 1. The molecule has 101 valence electrons. The van der Waals surface area contributed by atoms with E-state index in [-0.39, 0.29) is 17.7 Å². The summed E-state index contributed by atoms with van der Waals surface area (Å²) in [5, 5.41) is 6.35. The topological polar surface area (TPSA) is 96.7 Å². The average Bonchev–Trinajstić information content (AvgIpc) is 2.89. The van der Waals surface area contributed by atoms with Crippen LogP contribution in [0.2, 0.25) is 0 Å². The molecular formula is C11H9BFIN5O. The molecule has 0 atom stereocenters. The second kappa shape index (κ2) is 6.12. The van der Waals surface area contributed by atoms with Crippen molar-refractivity contribution in [3.05, 3.63) is 41.2 Å². The molecule has 0 aliphatic rings. The molecule has 0 saturated heterocycles. The predicted molar refractivity (Wildman–Crippen MR) is 82.2 cm³/mol. The van der Waals surface area contributed by atoms with Crippen LogP contribution < -0.4 is 9.26 Å². The number of H-pyrrole nitrogens is 1. The van der Waals surface area contributed by atoms with Crippen molar-refractivity contribution in [2.75, 3.05) is 5.73 Å². The third-order valence-electron chi connectivity index (χ3n) is 2.61. The van der Waals surface area contributed by atoms with Gasteiger partial charge in [-0.1, -0.05) is 0 Å². The first-order valence-corrected chi connectivity index (χ1v) is 6.56. The third kappa shape index (κ3) is 3.03. The van der Waals surface area contributed by atoms with E-state index >= 15 is 0 Å². The number of carbonyl (C=O) groups is 1. The first kappa shape index (κ1) is 14.6. The zero-order chi connectivity index (χ0) is 14.7. The van der Waals surface area contributed by atoms with Crippen molar-refractivity contribution in [1.29, 1.82) is 0 Å². The molecule has 2 aromatic rings. The molecule has 0 saturated carbocycles. The number of halogens is 2. The molecule has 20 heavy (non-hydrogen) atoms. The van der Waals surface area contributed by atoms with Crippen LogP contribution in [0.1, 0.15) is 21.7 Å². The van der Waals surface area contributed by atoms with Gasteiger partial charge < -0.3 is 0 Å². The number of rotatable bonds is 4. The van der Waals surface area contributed by atoms with Crippen molar-refractivity contribution in [3.8, 4) is 0 Å². The number of aromatic amines is 1. The van der Waals surface area contributed by atoms with E-state index in [1.807, 2.05) is 0 Å². The van der Waals surface area contributed by atoms with Crippen LogP contribution >= 0.6 is 22.9 Å². The molecule has 9 heteroatoms. The fraction of sp³-hybridized carbons (Fsp3) is 0.0909. The Labute approximate surface area is 128 Å². The summed E-state index contributed by atoms with van der Waals surface area (Å²) in [5.41, 5.74) is 6.55. The van der Waals surface area contributed by atoms with Crippen molar-refractivity contribution in [2.45, 2.75) is 6.42 Å². The number of amides is 1. The van der Waals surface area contributed by atoms with Crippen LogP contribution in [0.4, 0.5) is 10.1 Å². The Morgan fingerprint density at radius 3 is 2.90 bits per heavy atom. The van der Waals surface area contributed by atoms with Gasteiger partial charge in [0.2, 0.25) is 0 Å². The summed E-state index contributed by atoms with van der Waals surface area (Å²) in [6, 6.07) is 2.21. The zero-order valence-corrected chi connectivity index (χ0v) is 12.3. The average molecular weight is 384 g/mol. The fourth-order valence-electron chi connectivity index (χ4n) is 1.80. The van der Waals surface area contributed by atoms with Gasteiger partial charge in [-0.15, -0.1) is 0 Å². The molecule has 1 aromatic carbocycles. The van der Waals surface area contributed by atoms with E-state index in [0.29, 0.717) is 16.9 Å². The molecule has 2 rings (SSSR count). The van der Waals surface area contributed by atoms with Crippen LogP contribution in [0.15, 0.2) is 18.5 Å². The summed E-state index contributed by atoms with van der Waals surface area (Å²) in [6.45, 7) is 0. The van der Waals surface area contributed by atoms with Gasteiger partial charge in [0, 0.05) is 0 Å². The molecule has 0 aliphatic carbocycles. The Balaban J connectivity index is 2.44. The molecule has 0 unspecified atom stereocenters. The van der Waals surface area contributed by atoms with Gasteiger partial charge in [-0.25, -0.2) is 0 Å². The van der Waals surface area contributed by atoms with Crippen LogP contribution in [0.5, 0.6) is 0 Å². The molecule has 0 aliphatic heterocycles. The summed E-state index contributed by atoms with van der Waals surface area (Å²) in [6.07, 6.45) is 1.56. The number of hydrogen-bond acceptors (Lipinski definition) is 4. The molecule has 1 heterocycles. The standard InChI is InChI=1S/C11H9BFIN5O/c12-7(3-9-16-4-17-19-9)10-6(11(20)18-14)1-5(13)2-8(10)15/h1-2,4H,3,15H2,(H,18,20)(H,16,17,19). The van der Waals surface area contributed by atoms with Gasteiger partial charge in [-0.3, -0.25) is 0 Å². The van der Waals surface area contributed by atoms with Crippen molar-refractivity contribution in [3.63, 3.8) is 0 Å². The van der Waals surface area contributed by atoms with Crippen LogP contribution in [0, 0.1) is 5.82 Å². The third-order valence-corrected chi connectivity index (χ3v) is 3.10.